The van der Waals surface area contributed by atoms with Crippen LogP contribution in [-0.2, 0) is 9.53 Å². The fraction of sp³-hybridized carbons (Fsp3) is 0.368. The maximum absolute atomic E-state index is 11.2. The number of nitrogen functional groups attached to an aromatic ring is 1. The predicted molar refractivity (Wildman–Crippen MR) is 104 cm³/mol. The Morgan fingerprint density at radius 2 is 1.81 bits per heavy atom. The quantitative estimate of drug-likeness (QED) is 0.447. The molecule has 1 aliphatic heterocycles. The summed E-state index contributed by atoms with van der Waals surface area (Å²) in [5, 5.41) is 16.1. The van der Waals surface area contributed by atoms with Crippen molar-refractivity contribution in [2.45, 2.75) is 6.42 Å². The van der Waals surface area contributed by atoms with Crippen LogP contribution in [0.4, 0.5) is 5.82 Å². The number of carbonyl (C=O) groups excluding carboxylic acids is 1. The number of nitrogens with one attached hydrogen (secondary N) is 1. The molecule has 1 aliphatic rings. The van der Waals surface area contributed by atoms with E-state index in [0.29, 0.717) is 12.0 Å². The van der Waals surface area contributed by atoms with E-state index in [2.05, 4.69) is 24.7 Å². The average Bonchev–Trinajstić information content (AvgIpc) is 2.72. The topological polar surface area (TPSA) is 108 Å². The smallest absolute Gasteiger partial charge is 0.306 e. The molecule has 27 heavy (non-hydrogen) atoms. The predicted octanol–water partition coefficient (Wildman–Crippen LogP) is 1.11. The van der Waals surface area contributed by atoms with E-state index >= 15 is 0 Å². The van der Waals surface area contributed by atoms with Gasteiger partial charge in [-0.1, -0.05) is 24.3 Å². The number of carbonyl (C=O) groups is 1. The van der Waals surface area contributed by atoms with Crippen LogP contribution in [0, 0.1) is 5.41 Å². The lowest BCUT2D eigenvalue weighted by atomic mass is 10.1. The van der Waals surface area contributed by atoms with Gasteiger partial charge >= 0.3 is 5.97 Å². The fourth-order valence-electron chi connectivity index (χ4n) is 3.02. The van der Waals surface area contributed by atoms with Gasteiger partial charge < -0.3 is 15.4 Å². The maximum Gasteiger partial charge on any atom is 0.306 e. The zero-order valence-electron chi connectivity index (χ0n) is 15.4. The molecule has 0 unspecified atom stereocenters. The molecular weight excluding hydrogens is 344 g/mol. The number of nitrogens with two attached hydrogens (primary N) is 1. The van der Waals surface area contributed by atoms with Gasteiger partial charge in [0.25, 0.3) is 0 Å². The molecule has 1 aromatic heterocycles. The van der Waals surface area contributed by atoms with Gasteiger partial charge in [0.2, 0.25) is 0 Å². The van der Waals surface area contributed by atoms with Crippen molar-refractivity contribution < 1.29 is 9.53 Å². The summed E-state index contributed by atoms with van der Waals surface area (Å²) >= 11 is 0. The van der Waals surface area contributed by atoms with Gasteiger partial charge in [0, 0.05) is 43.9 Å². The highest BCUT2D eigenvalue weighted by molar-refractivity contribution is 5.95. The largest absolute Gasteiger partial charge is 0.469 e. The lowest BCUT2D eigenvalue weighted by Gasteiger charge is -2.34. The molecule has 0 saturated carbocycles. The Balaban J connectivity index is 1.56. The molecule has 0 radical (unpaired) electrons. The molecule has 2 aromatic rings. The van der Waals surface area contributed by atoms with E-state index in [1.54, 1.807) is 12.1 Å². The van der Waals surface area contributed by atoms with E-state index < -0.39 is 0 Å². The molecule has 1 saturated heterocycles. The van der Waals surface area contributed by atoms with Gasteiger partial charge in [-0.05, 0) is 12.1 Å². The second-order valence-electron chi connectivity index (χ2n) is 6.42. The summed E-state index contributed by atoms with van der Waals surface area (Å²) in [6.07, 6.45) is 0.424. The first-order chi connectivity index (χ1) is 13.1. The number of amidine groups is 1. The molecule has 0 spiro atoms. The van der Waals surface area contributed by atoms with Crippen molar-refractivity contribution in [3.63, 3.8) is 0 Å². The molecule has 2 heterocycles. The highest BCUT2D eigenvalue weighted by Crippen LogP contribution is 2.20. The number of esters is 1. The van der Waals surface area contributed by atoms with Crippen LogP contribution in [-0.4, -0.2) is 66.7 Å². The number of hydrogen-bond acceptors (Lipinski definition) is 7. The number of aromatic nitrogens is 2. The van der Waals surface area contributed by atoms with E-state index in [0.717, 1.165) is 49.8 Å². The zero-order chi connectivity index (χ0) is 19.2. The van der Waals surface area contributed by atoms with Crippen LogP contribution in [0.25, 0.3) is 11.3 Å². The van der Waals surface area contributed by atoms with Gasteiger partial charge in [-0.15, -0.1) is 10.2 Å². The van der Waals surface area contributed by atoms with Crippen molar-refractivity contribution in [1.82, 2.24) is 15.1 Å². The summed E-state index contributed by atoms with van der Waals surface area (Å²) < 4.78 is 4.69. The number of anilines is 1. The number of benzene rings is 1. The summed E-state index contributed by atoms with van der Waals surface area (Å²) in [4.78, 5) is 15.7. The van der Waals surface area contributed by atoms with Crippen molar-refractivity contribution in [2.75, 3.05) is 44.7 Å². The van der Waals surface area contributed by atoms with E-state index in [4.69, 9.17) is 11.1 Å². The van der Waals surface area contributed by atoms with E-state index in [1.165, 1.54) is 7.11 Å². The average molecular weight is 368 g/mol. The van der Waals surface area contributed by atoms with Gasteiger partial charge in [0.1, 0.15) is 5.84 Å². The Labute approximate surface area is 158 Å². The molecule has 3 N–H and O–H groups in total. The van der Waals surface area contributed by atoms with Crippen LogP contribution in [0.3, 0.4) is 0 Å². The van der Waals surface area contributed by atoms with Crippen molar-refractivity contribution >= 4 is 17.6 Å². The molecule has 8 heteroatoms. The lowest BCUT2D eigenvalue weighted by Crippen LogP contribution is -2.47. The number of piperazine rings is 1. The maximum atomic E-state index is 11.2. The monoisotopic (exact) mass is 368 g/mol. The number of hydrogen-bond donors (Lipinski definition) is 2. The molecule has 0 amide bonds. The van der Waals surface area contributed by atoms with Crippen LogP contribution in [0.5, 0.6) is 0 Å². The zero-order valence-corrected chi connectivity index (χ0v) is 15.4. The molecule has 0 atom stereocenters. The summed E-state index contributed by atoms with van der Waals surface area (Å²) in [5.74, 6) is 0.732. The molecular formula is C19H24N6O2. The lowest BCUT2D eigenvalue weighted by molar-refractivity contribution is -0.141. The van der Waals surface area contributed by atoms with Crippen molar-refractivity contribution in [2.24, 2.45) is 5.73 Å². The SMILES string of the molecule is COC(=O)CCN1CCN(c2ccc(-c3ccc(C(=N)N)cc3)nn2)CC1. The first-order valence-corrected chi connectivity index (χ1v) is 8.89. The Morgan fingerprint density at radius 3 is 2.37 bits per heavy atom. The second kappa shape index (κ2) is 8.59. The summed E-state index contributed by atoms with van der Waals surface area (Å²) in [6, 6.07) is 11.3. The summed E-state index contributed by atoms with van der Waals surface area (Å²) in [7, 11) is 1.42. The van der Waals surface area contributed by atoms with Gasteiger partial charge in [-0.25, -0.2) is 0 Å². The van der Waals surface area contributed by atoms with Crippen LogP contribution in [0.1, 0.15) is 12.0 Å². The van der Waals surface area contributed by atoms with Crippen LogP contribution < -0.4 is 10.6 Å². The van der Waals surface area contributed by atoms with E-state index in [-0.39, 0.29) is 11.8 Å². The molecule has 0 aliphatic carbocycles. The minimum atomic E-state index is -0.171. The third-order valence-corrected chi connectivity index (χ3v) is 4.70. The van der Waals surface area contributed by atoms with Gasteiger partial charge in [-0.3, -0.25) is 15.1 Å². The minimum Gasteiger partial charge on any atom is -0.469 e. The normalized spacial score (nSPS) is 14.8. The van der Waals surface area contributed by atoms with Crippen LogP contribution in [0.15, 0.2) is 36.4 Å². The summed E-state index contributed by atoms with van der Waals surface area (Å²) in [6.45, 7) is 4.19. The van der Waals surface area contributed by atoms with Gasteiger partial charge in [-0.2, -0.15) is 0 Å². The van der Waals surface area contributed by atoms with E-state index in [1.807, 2.05) is 24.3 Å². The first kappa shape index (κ1) is 18.8. The van der Waals surface area contributed by atoms with Gasteiger partial charge in [0.15, 0.2) is 5.82 Å². The van der Waals surface area contributed by atoms with Crippen molar-refractivity contribution in [3.8, 4) is 11.3 Å². The number of ether oxygens (including phenoxy) is 1. The Bertz CT molecular complexity index is 783. The fourth-order valence-corrected chi connectivity index (χ4v) is 3.02. The van der Waals surface area contributed by atoms with Crippen molar-refractivity contribution in [3.05, 3.63) is 42.0 Å². The van der Waals surface area contributed by atoms with Gasteiger partial charge in [0.05, 0.1) is 19.2 Å². The molecule has 142 valence electrons. The molecule has 8 nitrogen and oxygen atoms in total. The first-order valence-electron chi connectivity index (χ1n) is 8.89. The third-order valence-electron chi connectivity index (χ3n) is 4.70. The number of rotatable bonds is 6. The molecule has 1 aromatic carbocycles. The Kier molecular flexibility index (Phi) is 5.97. The molecule has 0 bridgehead atoms. The number of methoxy groups -OCH3 is 1. The van der Waals surface area contributed by atoms with E-state index in [9.17, 15) is 4.79 Å². The number of nitrogens with zero attached hydrogens (tertiary/aromatic N) is 4. The third kappa shape index (κ3) is 4.79. The van der Waals surface area contributed by atoms with Crippen LogP contribution >= 0.6 is 0 Å². The van der Waals surface area contributed by atoms with Crippen molar-refractivity contribution in [1.29, 1.82) is 5.41 Å². The standard InChI is InChI=1S/C19H24N6O2/c1-27-18(26)8-9-24-10-12-25(13-11-24)17-7-6-16(22-23-17)14-2-4-15(5-3-14)19(20)21/h2-7H,8-13H2,1H3,(H3,20,21). The van der Waals surface area contributed by atoms with Crippen LogP contribution in [0.2, 0.25) is 0 Å². The summed E-state index contributed by atoms with van der Waals surface area (Å²) in [5.41, 5.74) is 7.89. The highest BCUT2D eigenvalue weighted by atomic mass is 16.5. The second-order valence-corrected chi connectivity index (χ2v) is 6.42. The highest BCUT2D eigenvalue weighted by Gasteiger charge is 2.19. The molecule has 1 fully saturated rings. The minimum absolute atomic E-state index is 0.0497. The Morgan fingerprint density at radius 1 is 1.11 bits per heavy atom. The molecule has 3 rings (SSSR count). The Hall–Kier alpha value is -3.00.